The second-order valence-corrected chi connectivity index (χ2v) is 10.3. The van der Waals surface area contributed by atoms with Crippen molar-refractivity contribution in [2.45, 2.75) is 31.2 Å². The van der Waals surface area contributed by atoms with Crippen LogP contribution in [0.4, 0.5) is 5.69 Å². The standard InChI is InChI=1S/C22H24ClN3O5S/c1-14-10-18-19(31-13-21(27)25-18)11-20(14)32(29,30)26-8-6-15(7-9-26)22(28)24-12-16-4-2-3-5-17(16)23/h2-5,10-11,15H,6-9,12-13H2,1H3,(H,24,28)(H,25,27). The van der Waals surface area contributed by atoms with Gasteiger partial charge in [0.15, 0.2) is 6.61 Å². The fourth-order valence-corrected chi connectivity index (χ4v) is 5.85. The lowest BCUT2D eigenvalue weighted by molar-refractivity contribution is -0.126. The number of piperidine rings is 1. The largest absolute Gasteiger partial charge is 0.482 e. The number of benzene rings is 2. The number of rotatable bonds is 5. The Morgan fingerprint density at radius 3 is 2.69 bits per heavy atom. The molecule has 2 aliphatic rings. The second kappa shape index (κ2) is 9.09. The molecule has 2 heterocycles. The lowest BCUT2D eigenvalue weighted by Gasteiger charge is -2.31. The summed E-state index contributed by atoms with van der Waals surface area (Å²) in [5, 5.41) is 6.17. The van der Waals surface area contributed by atoms with Crippen LogP contribution in [0.1, 0.15) is 24.0 Å². The van der Waals surface area contributed by atoms with E-state index in [-0.39, 0.29) is 42.3 Å². The summed E-state index contributed by atoms with van der Waals surface area (Å²) in [6.45, 7) is 2.37. The number of fused-ring (bicyclic) bond motifs is 1. The van der Waals surface area contributed by atoms with Crippen LogP contribution < -0.4 is 15.4 Å². The number of aryl methyl sites for hydroxylation is 1. The number of halogens is 1. The number of ether oxygens (including phenoxy) is 1. The zero-order valence-corrected chi connectivity index (χ0v) is 19.1. The molecule has 0 saturated carbocycles. The van der Waals surface area contributed by atoms with E-state index in [0.29, 0.717) is 41.4 Å². The Bertz CT molecular complexity index is 1160. The van der Waals surface area contributed by atoms with Gasteiger partial charge in [-0.25, -0.2) is 8.42 Å². The maximum Gasteiger partial charge on any atom is 0.262 e. The first-order valence-corrected chi connectivity index (χ1v) is 12.2. The number of amides is 2. The van der Waals surface area contributed by atoms with Crippen LogP contribution >= 0.6 is 11.6 Å². The molecule has 0 unspecified atom stereocenters. The van der Waals surface area contributed by atoms with Crippen LogP contribution in [0, 0.1) is 12.8 Å². The molecule has 8 nitrogen and oxygen atoms in total. The van der Waals surface area contributed by atoms with Gasteiger partial charge in [-0.05, 0) is 43.0 Å². The smallest absolute Gasteiger partial charge is 0.262 e. The van der Waals surface area contributed by atoms with Crippen LogP contribution in [0.25, 0.3) is 0 Å². The van der Waals surface area contributed by atoms with Crippen LogP contribution in [0.2, 0.25) is 5.02 Å². The molecule has 1 saturated heterocycles. The van der Waals surface area contributed by atoms with E-state index in [0.717, 1.165) is 5.56 Å². The summed E-state index contributed by atoms with van der Waals surface area (Å²) in [6.07, 6.45) is 0.869. The number of carbonyl (C=O) groups excluding carboxylic acids is 2. The molecule has 0 bridgehead atoms. The summed E-state index contributed by atoms with van der Waals surface area (Å²) in [5.74, 6) is -0.298. The SMILES string of the molecule is Cc1cc2c(cc1S(=O)(=O)N1CCC(C(=O)NCc3ccccc3Cl)CC1)OCC(=O)N2. The fraction of sp³-hybridized carbons (Fsp3) is 0.364. The van der Waals surface area contributed by atoms with Gasteiger partial charge in [-0.2, -0.15) is 4.31 Å². The third kappa shape index (κ3) is 4.60. The number of hydrogen-bond donors (Lipinski definition) is 2. The van der Waals surface area contributed by atoms with Crippen molar-refractivity contribution in [1.29, 1.82) is 0 Å². The Hall–Kier alpha value is -2.62. The van der Waals surface area contributed by atoms with Crippen LogP contribution in [-0.2, 0) is 26.2 Å². The third-order valence-corrected chi connectivity index (χ3v) is 8.17. The number of carbonyl (C=O) groups is 2. The minimum atomic E-state index is -3.76. The minimum absolute atomic E-state index is 0.101. The molecule has 170 valence electrons. The van der Waals surface area contributed by atoms with E-state index < -0.39 is 10.0 Å². The van der Waals surface area contributed by atoms with Gasteiger partial charge in [-0.3, -0.25) is 9.59 Å². The van der Waals surface area contributed by atoms with Crippen molar-refractivity contribution in [3.8, 4) is 5.75 Å². The molecular weight excluding hydrogens is 454 g/mol. The van der Waals surface area contributed by atoms with Crippen LogP contribution in [-0.4, -0.2) is 44.2 Å². The Morgan fingerprint density at radius 2 is 1.97 bits per heavy atom. The van der Waals surface area contributed by atoms with E-state index in [1.54, 1.807) is 19.1 Å². The average Bonchev–Trinajstić information content (AvgIpc) is 2.77. The molecule has 10 heteroatoms. The first-order valence-electron chi connectivity index (χ1n) is 10.3. The van der Waals surface area contributed by atoms with Gasteiger partial charge in [0.2, 0.25) is 15.9 Å². The van der Waals surface area contributed by atoms with Crippen LogP contribution in [0.15, 0.2) is 41.3 Å². The zero-order valence-electron chi connectivity index (χ0n) is 17.6. The quantitative estimate of drug-likeness (QED) is 0.689. The number of anilines is 1. The summed E-state index contributed by atoms with van der Waals surface area (Å²) in [6, 6.07) is 10.4. The highest BCUT2D eigenvalue weighted by Crippen LogP contribution is 2.35. The molecule has 4 rings (SSSR count). The fourth-order valence-electron chi connectivity index (χ4n) is 3.96. The number of nitrogens with one attached hydrogen (secondary N) is 2. The van der Waals surface area contributed by atoms with Crippen LogP contribution in [0.5, 0.6) is 5.75 Å². The Balaban J connectivity index is 1.40. The Labute approximate surface area is 191 Å². The molecule has 0 aromatic heterocycles. The average molecular weight is 478 g/mol. The molecule has 1 fully saturated rings. The summed E-state index contributed by atoms with van der Waals surface area (Å²) in [4.78, 5) is 24.2. The van der Waals surface area contributed by atoms with Gasteiger partial charge in [-0.15, -0.1) is 0 Å². The lowest BCUT2D eigenvalue weighted by atomic mass is 9.97. The highest BCUT2D eigenvalue weighted by atomic mass is 35.5. The van der Waals surface area contributed by atoms with Crippen molar-refractivity contribution in [3.63, 3.8) is 0 Å². The molecular formula is C22H24ClN3O5S. The first kappa shape index (κ1) is 22.6. The van der Waals surface area contributed by atoms with Crippen molar-refractivity contribution in [2.24, 2.45) is 5.92 Å². The first-order chi connectivity index (χ1) is 15.3. The summed E-state index contributed by atoms with van der Waals surface area (Å²) < 4.78 is 33.3. The summed E-state index contributed by atoms with van der Waals surface area (Å²) in [7, 11) is -3.76. The van der Waals surface area contributed by atoms with E-state index >= 15 is 0 Å². The van der Waals surface area contributed by atoms with E-state index in [9.17, 15) is 18.0 Å². The molecule has 2 aromatic rings. The topological polar surface area (TPSA) is 105 Å². The van der Waals surface area contributed by atoms with Gasteiger partial charge in [0.1, 0.15) is 5.75 Å². The van der Waals surface area contributed by atoms with Crippen LogP contribution in [0.3, 0.4) is 0 Å². The highest BCUT2D eigenvalue weighted by molar-refractivity contribution is 7.89. The van der Waals surface area contributed by atoms with E-state index in [2.05, 4.69) is 10.6 Å². The number of nitrogens with zero attached hydrogens (tertiary/aromatic N) is 1. The van der Waals surface area contributed by atoms with Gasteiger partial charge >= 0.3 is 0 Å². The van der Waals surface area contributed by atoms with Gasteiger partial charge in [0, 0.05) is 36.6 Å². The van der Waals surface area contributed by atoms with Crippen molar-refractivity contribution in [2.75, 3.05) is 25.0 Å². The highest BCUT2D eigenvalue weighted by Gasteiger charge is 2.34. The predicted molar refractivity (Wildman–Crippen MR) is 120 cm³/mol. The Morgan fingerprint density at radius 1 is 1.25 bits per heavy atom. The number of sulfonamides is 1. The molecule has 0 atom stereocenters. The molecule has 0 spiro atoms. The van der Waals surface area contributed by atoms with Crippen molar-refractivity contribution in [3.05, 3.63) is 52.5 Å². The maximum atomic E-state index is 13.3. The van der Waals surface area contributed by atoms with E-state index in [1.807, 2.05) is 18.2 Å². The molecule has 2 N–H and O–H groups in total. The molecule has 2 amide bonds. The third-order valence-electron chi connectivity index (χ3n) is 5.76. The van der Waals surface area contributed by atoms with Crippen molar-refractivity contribution in [1.82, 2.24) is 9.62 Å². The second-order valence-electron chi connectivity index (χ2n) is 7.94. The predicted octanol–water partition coefficient (Wildman–Crippen LogP) is 2.70. The summed E-state index contributed by atoms with van der Waals surface area (Å²) >= 11 is 6.13. The summed E-state index contributed by atoms with van der Waals surface area (Å²) in [5.41, 5.74) is 1.82. The molecule has 32 heavy (non-hydrogen) atoms. The number of hydrogen-bond acceptors (Lipinski definition) is 5. The lowest BCUT2D eigenvalue weighted by Crippen LogP contribution is -2.43. The van der Waals surface area contributed by atoms with Gasteiger partial charge in [0.05, 0.1) is 10.6 Å². The Kier molecular flexibility index (Phi) is 6.41. The normalized spacial score (nSPS) is 17.2. The molecule has 0 radical (unpaired) electrons. The van der Waals surface area contributed by atoms with Gasteiger partial charge < -0.3 is 15.4 Å². The molecule has 2 aromatic carbocycles. The van der Waals surface area contributed by atoms with Gasteiger partial charge in [0.25, 0.3) is 5.91 Å². The van der Waals surface area contributed by atoms with Crippen molar-refractivity contribution >= 4 is 39.1 Å². The van der Waals surface area contributed by atoms with Gasteiger partial charge in [-0.1, -0.05) is 29.8 Å². The maximum absolute atomic E-state index is 13.3. The molecule has 2 aliphatic heterocycles. The zero-order chi connectivity index (χ0) is 22.9. The van der Waals surface area contributed by atoms with Crippen molar-refractivity contribution < 1.29 is 22.7 Å². The molecule has 0 aliphatic carbocycles. The minimum Gasteiger partial charge on any atom is -0.482 e. The van der Waals surface area contributed by atoms with E-state index in [1.165, 1.54) is 10.4 Å². The van der Waals surface area contributed by atoms with E-state index in [4.69, 9.17) is 16.3 Å². The monoisotopic (exact) mass is 477 g/mol.